The van der Waals surface area contributed by atoms with Crippen molar-refractivity contribution in [3.8, 4) is 11.5 Å². The number of carbonyl (C=O) groups is 1. The molecule has 2 aromatic rings. The van der Waals surface area contributed by atoms with Gasteiger partial charge in [-0.1, -0.05) is 63.2 Å². The maximum absolute atomic E-state index is 12.5. The molecule has 0 atom stereocenters. The average Bonchev–Trinajstić information content (AvgIpc) is 3.13. The van der Waals surface area contributed by atoms with Gasteiger partial charge in [0, 0.05) is 12.3 Å². The van der Waals surface area contributed by atoms with Crippen molar-refractivity contribution in [3.05, 3.63) is 29.6 Å². The van der Waals surface area contributed by atoms with Gasteiger partial charge in [0.1, 0.15) is 0 Å². The Morgan fingerprint density at radius 3 is 2.73 bits per heavy atom. The first-order chi connectivity index (χ1) is 12.5. The largest absolute Gasteiger partial charge is 0.334 e. The molecule has 5 heteroatoms. The van der Waals surface area contributed by atoms with Crippen molar-refractivity contribution in [1.29, 1.82) is 0 Å². The number of amides is 1. The molecule has 1 aromatic carbocycles. The van der Waals surface area contributed by atoms with Crippen molar-refractivity contribution in [2.45, 2.75) is 71.6 Å². The summed E-state index contributed by atoms with van der Waals surface area (Å²) in [6.45, 7) is 6.04. The fraction of sp³-hybridized carbons (Fsp3) is 0.571. The molecule has 1 heterocycles. The van der Waals surface area contributed by atoms with Crippen molar-refractivity contribution < 1.29 is 9.32 Å². The highest BCUT2D eigenvalue weighted by atomic mass is 16.5. The molecule has 1 saturated carbocycles. The van der Waals surface area contributed by atoms with E-state index in [1.165, 1.54) is 32.1 Å². The summed E-state index contributed by atoms with van der Waals surface area (Å²) in [5, 5.41) is 7.13. The molecule has 1 fully saturated rings. The Kier molecular flexibility index (Phi) is 6.07. The van der Waals surface area contributed by atoms with Crippen LogP contribution in [0.4, 0.5) is 5.69 Å². The molecule has 1 amide bonds. The molecule has 0 spiro atoms. The Bertz CT molecular complexity index is 745. The van der Waals surface area contributed by atoms with Crippen LogP contribution in [0.1, 0.15) is 76.1 Å². The number of benzene rings is 1. The molecule has 0 aliphatic heterocycles. The van der Waals surface area contributed by atoms with E-state index in [1.807, 2.05) is 39.0 Å². The number of aryl methyl sites for hydroxylation is 1. The van der Waals surface area contributed by atoms with Gasteiger partial charge in [-0.15, -0.1) is 0 Å². The van der Waals surface area contributed by atoms with E-state index in [-0.39, 0.29) is 11.8 Å². The van der Waals surface area contributed by atoms with E-state index in [0.717, 1.165) is 23.2 Å². The van der Waals surface area contributed by atoms with Crippen molar-refractivity contribution >= 4 is 11.6 Å². The predicted octanol–water partition coefficient (Wildman–Crippen LogP) is 5.47. The summed E-state index contributed by atoms with van der Waals surface area (Å²) in [7, 11) is 0. The maximum atomic E-state index is 12.5. The molecular formula is C21H29N3O2. The Labute approximate surface area is 155 Å². The number of hydrogen-bond donors (Lipinski definition) is 1. The van der Waals surface area contributed by atoms with Gasteiger partial charge in [0.25, 0.3) is 5.89 Å². The van der Waals surface area contributed by atoms with Gasteiger partial charge in [0.2, 0.25) is 5.91 Å². The highest BCUT2D eigenvalue weighted by molar-refractivity contribution is 5.95. The van der Waals surface area contributed by atoms with E-state index in [0.29, 0.717) is 24.1 Å². The molecule has 0 saturated heterocycles. The quantitative estimate of drug-likeness (QED) is 0.746. The number of anilines is 1. The first-order valence-electron chi connectivity index (χ1n) is 9.78. The van der Waals surface area contributed by atoms with Gasteiger partial charge in [0.05, 0.1) is 11.3 Å². The maximum Gasteiger partial charge on any atom is 0.260 e. The number of hydrogen-bond acceptors (Lipinski definition) is 4. The first-order valence-corrected chi connectivity index (χ1v) is 9.78. The molecule has 1 aromatic heterocycles. The SMILES string of the molecule is Cc1cccc(-c2nc(C(C)C)no2)c1NC(=O)CCC1CCCCC1. The fourth-order valence-electron chi connectivity index (χ4n) is 3.60. The lowest BCUT2D eigenvalue weighted by molar-refractivity contribution is -0.116. The summed E-state index contributed by atoms with van der Waals surface area (Å²) in [4.78, 5) is 17.0. The number of nitrogens with zero attached hydrogens (tertiary/aromatic N) is 2. The molecule has 1 aliphatic rings. The monoisotopic (exact) mass is 355 g/mol. The third-order valence-electron chi connectivity index (χ3n) is 5.23. The average molecular weight is 355 g/mol. The van der Waals surface area contributed by atoms with E-state index in [2.05, 4.69) is 15.5 Å². The Hall–Kier alpha value is -2.17. The second-order valence-corrected chi connectivity index (χ2v) is 7.70. The zero-order valence-corrected chi connectivity index (χ0v) is 16.0. The molecular weight excluding hydrogens is 326 g/mol. The van der Waals surface area contributed by atoms with Crippen LogP contribution in [0.25, 0.3) is 11.5 Å². The third-order valence-corrected chi connectivity index (χ3v) is 5.23. The number of carbonyl (C=O) groups excluding carboxylic acids is 1. The molecule has 26 heavy (non-hydrogen) atoms. The highest BCUT2D eigenvalue weighted by Crippen LogP contribution is 2.31. The molecule has 5 nitrogen and oxygen atoms in total. The van der Waals surface area contributed by atoms with Crippen LogP contribution in [0.2, 0.25) is 0 Å². The second-order valence-electron chi connectivity index (χ2n) is 7.70. The van der Waals surface area contributed by atoms with Crippen molar-refractivity contribution in [3.63, 3.8) is 0 Å². The minimum absolute atomic E-state index is 0.0646. The van der Waals surface area contributed by atoms with Crippen molar-refractivity contribution in [2.75, 3.05) is 5.32 Å². The fourth-order valence-corrected chi connectivity index (χ4v) is 3.60. The van der Waals surface area contributed by atoms with Crippen LogP contribution in [0, 0.1) is 12.8 Å². The molecule has 3 rings (SSSR count). The van der Waals surface area contributed by atoms with Crippen LogP contribution in [-0.4, -0.2) is 16.0 Å². The normalized spacial score (nSPS) is 15.4. The van der Waals surface area contributed by atoms with Gasteiger partial charge < -0.3 is 9.84 Å². The summed E-state index contributed by atoms with van der Waals surface area (Å²) in [6.07, 6.45) is 8.04. The summed E-state index contributed by atoms with van der Waals surface area (Å²) < 4.78 is 5.43. The van der Waals surface area contributed by atoms with Gasteiger partial charge >= 0.3 is 0 Å². The number of nitrogens with one attached hydrogen (secondary N) is 1. The first kappa shape index (κ1) is 18.6. The van der Waals surface area contributed by atoms with Crippen LogP contribution in [-0.2, 0) is 4.79 Å². The summed E-state index contributed by atoms with van der Waals surface area (Å²) in [6, 6.07) is 5.85. The van der Waals surface area contributed by atoms with Gasteiger partial charge in [-0.05, 0) is 30.9 Å². The standard InChI is InChI=1S/C21H29N3O2/c1-14(2)20-23-21(26-24-20)17-11-7-8-15(3)19(17)22-18(25)13-12-16-9-5-4-6-10-16/h7-8,11,14,16H,4-6,9-10,12-13H2,1-3H3,(H,22,25). The summed E-state index contributed by atoms with van der Waals surface area (Å²) in [5.41, 5.74) is 2.56. The minimum Gasteiger partial charge on any atom is -0.334 e. The van der Waals surface area contributed by atoms with E-state index in [9.17, 15) is 4.79 Å². The highest BCUT2D eigenvalue weighted by Gasteiger charge is 2.19. The smallest absolute Gasteiger partial charge is 0.260 e. The number of aromatic nitrogens is 2. The molecule has 140 valence electrons. The van der Waals surface area contributed by atoms with Gasteiger partial charge in [-0.2, -0.15) is 4.98 Å². The van der Waals surface area contributed by atoms with Gasteiger partial charge in [0.15, 0.2) is 5.82 Å². The lowest BCUT2D eigenvalue weighted by atomic mass is 9.86. The Morgan fingerprint density at radius 1 is 1.27 bits per heavy atom. The predicted molar refractivity (Wildman–Crippen MR) is 103 cm³/mol. The van der Waals surface area contributed by atoms with Crippen LogP contribution in [0.3, 0.4) is 0 Å². The minimum atomic E-state index is 0.0646. The van der Waals surface area contributed by atoms with Crippen LogP contribution in [0.15, 0.2) is 22.7 Å². The topological polar surface area (TPSA) is 68.0 Å². The van der Waals surface area contributed by atoms with E-state index < -0.39 is 0 Å². The lowest BCUT2D eigenvalue weighted by Gasteiger charge is -2.21. The molecule has 1 N–H and O–H groups in total. The van der Waals surface area contributed by atoms with Crippen molar-refractivity contribution in [2.24, 2.45) is 5.92 Å². The van der Waals surface area contributed by atoms with Crippen LogP contribution < -0.4 is 5.32 Å². The second kappa shape index (κ2) is 8.47. The summed E-state index contributed by atoms with van der Waals surface area (Å²) in [5.74, 6) is 2.10. The van der Waals surface area contributed by atoms with Crippen molar-refractivity contribution in [1.82, 2.24) is 10.1 Å². The zero-order chi connectivity index (χ0) is 18.5. The van der Waals surface area contributed by atoms with Crippen LogP contribution in [0.5, 0.6) is 0 Å². The summed E-state index contributed by atoms with van der Waals surface area (Å²) >= 11 is 0. The molecule has 1 aliphatic carbocycles. The molecule has 0 bridgehead atoms. The van der Waals surface area contributed by atoms with E-state index >= 15 is 0 Å². The van der Waals surface area contributed by atoms with E-state index in [1.54, 1.807) is 0 Å². The molecule has 0 radical (unpaired) electrons. The van der Waals surface area contributed by atoms with Gasteiger partial charge in [-0.3, -0.25) is 4.79 Å². The van der Waals surface area contributed by atoms with Gasteiger partial charge in [-0.25, -0.2) is 0 Å². The van der Waals surface area contributed by atoms with E-state index in [4.69, 9.17) is 4.52 Å². The number of rotatable bonds is 6. The Morgan fingerprint density at radius 2 is 2.04 bits per heavy atom. The zero-order valence-electron chi connectivity index (χ0n) is 16.0. The third kappa shape index (κ3) is 4.51. The number of para-hydroxylation sites is 1. The Balaban J connectivity index is 1.71. The lowest BCUT2D eigenvalue weighted by Crippen LogP contribution is -2.16. The van der Waals surface area contributed by atoms with Crippen LogP contribution >= 0.6 is 0 Å². The molecule has 0 unspecified atom stereocenters.